The van der Waals surface area contributed by atoms with Gasteiger partial charge < -0.3 is 11.1 Å². The van der Waals surface area contributed by atoms with Crippen LogP contribution in [0.3, 0.4) is 0 Å². The molecule has 0 saturated carbocycles. The number of amides is 1. The standard InChI is InChI=1S/C15H18N2OS/c1-9-4-6-12(8-13(9)16)15(18)17-11(3)14-7-5-10(2)19-14/h4-8,11H,16H2,1-3H3,(H,17,18). The van der Waals surface area contributed by atoms with Crippen molar-refractivity contribution in [3.05, 3.63) is 51.2 Å². The van der Waals surface area contributed by atoms with Gasteiger partial charge in [0.05, 0.1) is 6.04 Å². The highest BCUT2D eigenvalue weighted by atomic mass is 32.1. The number of nitrogens with one attached hydrogen (secondary N) is 1. The van der Waals surface area contributed by atoms with Crippen LogP contribution in [0.1, 0.15) is 38.6 Å². The first-order chi connectivity index (χ1) is 8.97. The molecule has 1 aromatic carbocycles. The van der Waals surface area contributed by atoms with Crippen LogP contribution >= 0.6 is 11.3 Å². The van der Waals surface area contributed by atoms with E-state index in [4.69, 9.17) is 5.73 Å². The van der Waals surface area contributed by atoms with Crippen LogP contribution < -0.4 is 11.1 Å². The lowest BCUT2D eigenvalue weighted by Gasteiger charge is -2.13. The lowest BCUT2D eigenvalue weighted by molar-refractivity contribution is 0.0940. The number of carbonyl (C=O) groups is 1. The number of thiophene rings is 1. The number of rotatable bonds is 3. The van der Waals surface area contributed by atoms with Gasteiger partial charge in [0.1, 0.15) is 0 Å². The zero-order valence-corrected chi connectivity index (χ0v) is 12.2. The van der Waals surface area contributed by atoms with Gasteiger partial charge in [0, 0.05) is 21.0 Å². The molecule has 3 N–H and O–H groups in total. The highest BCUT2D eigenvalue weighted by molar-refractivity contribution is 7.12. The number of hydrogen-bond donors (Lipinski definition) is 2. The summed E-state index contributed by atoms with van der Waals surface area (Å²) in [6.45, 7) is 5.97. The third-order valence-corrected chi connectivity index (χ3v) is 4.26. The molecule has 1 atom stereocenters. The van der Waals surface area contributed by atoms with Crippen LogP contribution in [0.5, 0.6) is 0 Å². The predicted octanol–water partition coefficient (Wildman–Crippen LogP) is 3.44. The van der Waals surface area contributed by atoms with Crippen molar-refractivity contribution in [2.45, 2.75) is 26.8 Å². The van der Waals surface area contributed by atoms with E-state index in [1.54, 1.807) is 23.5 Å². The van der Waals surface area contributed by atoms with E-state index in [9.17, 15) is 4.79 Å². The van der Waals surface area contributed by atoms with Crippen LogP contribution in [-0.4, -0.2) is 5.91 Å². The second kappa shape index (κ2) is 5.45. The molecule has 0 aliphatic rings. The van der Waals surface area contributed by atoms with Crippen molar-refractivity contribution in [1.82, 2.24) is 5.32 Å². The quantitative estimate of drug-likeness (QED) is 0.842. The Kier molecular flexibility index (Phi) is 3.90. The second-order valence-corrected chi connectivity index (χ2v) is 6.03. The van der Waals surface area contributed by atoms with Gasteiger partial charge in [0.2, 0.25) is 0 Å². The summed E-state index contributed by atoms with van der Waals surface area (Å²) >= 11 is 1.70. The summed E-state index contributed by atoms with van der Waals surface area (Å²) in [4.78, 5) is 14.5. The van der Waals surface area contributed by atoms with Gasteiger partial charge in [-0.3, -0.25) is 4.79 Å². The summed E-state index contributed by atoms with van der Waals surface area (Å²) in [6, 6.07) is 9.50. The largest absolute Gasteiger partial charge is 0.398 e. The predicted molar refractivity (Wildman–Crippen MR) is 80.5 cm³/mol. The van der Waals surface area contributed by atoms with Gasteiger partial charge in [-0.1, -0.05) is 6.07 Å². The van der Waals surface area contributed by atoms with Crippen molar-refractivity contribution in [1.29, 1.82) is 0 Å². The van der Waals surface area contributed by atoms with E-state index in [1.165, 1.54) is 4.88 Å². The van der Waals surface area contributed by atoms with Gasteiger partial charge in [-0.25, -0.2) is 0 Å². The Morgan fingerprint density at radius 3 is 2.58 bits per heavy atom. The van der Waals surface area contributed by atoms with E-state index < -0.39 is 0 Å². The Bertz CT molecular complexity index is 604. The smallest absolute Gasteiger partial charge is 0.251 e. The van der Waals surface area contributed by atoms with Gasteiger partial charge in [0.25, 0.3) is 5.91 Å². The average molecular weight is 274 g/mol. The van der Waals surface area contributed by atoms with Crippen molar-refractivity contribution in [2.24, 2.45) is 0 Å². The molecule has 3 nitrogen and oxygen atoms in total. The normalized spacial score (nSPS) is 12.2. The van der Waals surface area contributed by atoms with Gasteiger partial charge in [-0.15, -0.1) is 11.3 Å². The molecular weight excluding hydrogens is 256 g/mol. The second-order valence-electron chi connectivity index (χ2n) is 4.71. The molecule has 0 aliphatic heterocycles. The average Bonchev–Trinajstić information content (AvgIpc) is 2.79. The minimum atomic E-state index is -0.0924. The van der Waals surface area contributed by atoms with Crippen molar-refractivity contribution in [3.63, 3.8) is 0 Å². The summed E-state index contributed by atoms with van der Waals surface area (Å²) in [5.41, 5.74) is 8.06. The maximum atomic E-state index is 12.1. The molecule has 0 saturated heterocycles. The summed E-state index contributed by atoms with van der Waals surface area (Å²) < 4.78 is 0. The molecule has 1 amide bonds. The molecule has 2 aromatic rings. The summed E-state index contributed by atoms with van der Waals surface area (Å²) in [5, 5.41) is 2.99. The van der Waals surface area contributed by atoms with Crippen LogP contribution in [0.15, 0.2) is 30.3 Å². The highest BCUT2D eigenvalue weighted by Gasteiger charge is 2.13. The minimum absolute atomic E-state index is 0.00808. The molecule has 2 rings (SSSR count). The third kappa shape index (κ3) is 3.15. The van der Waals surface area contributed by atoms with E-state index in [0.717, 1.165) is 10.4 Å². The fourth-order valence-corrected chi connectivity index (χ4v) is 2.70. The fourth-order valence-electron chi connectivity index (χ4n) is 1.82. The highest BCUT2D eigenvalue weighted by Crippen LogP contribution is 2.23. The Morgan fingerprint density at radius 2 is 2.00 bits per heavy atom. The molecule has 1 aromatic heterocycles. The molecule has 19 heavy (non-hydrogen) atoms. The van der Waals surface area contributed by atoms with E-state index in [1.807, 2.05) is 19.9 Å². The maximum Gasteiger partial charge on any atom is 0.251 e. The van der Waals surface area contributed by atoms with Crippen molar-refractivity contribution < 1.29 is 4.79 Å². The number of hydrogen-bond acceptors (Lipinski definition) is 3. The van der Waals surface area contributed by atoms with Crippen molar-refractivity contribution in [2.75, 3.05) is 5.73 Å². The zero-order valence-electron chi connectivity index (χ0n) is 11.4. The summed E-state index contributed by atoms with van der Waals surface area (Å²) in [5.74, 6) is -0.0924. The summed E-state index contributed by atoms with van der Waals surface area (Å²) in [6.07, 6.45) is 0. The Morgan fingerprint density at radius 1 is 1.26 bits per heavy atom. The van der Waals surface area contributed by atoms with Crippen LogP contribution in [-0.2, 0) is 0 Å². The molecule has 1 unspecified atom stereocenters. The molecule has 0 fully saturated rings. The third-order valence-electron chi connectivity index (χ3n) is 3.08. The Hall–Kier alpha value is -1.81. The van der Waals surface area contributed by atoms with E-state index in [-0.39, 0.29) is 11.9 Å². The van der Waals surface area contributed by atoms with Crippen molar-refractivity contribution in [3.8, 4) is 0 Å². The lowest BCUT2D eigenvalue weighted by Crippen LogP contribution is -2.26. The number of anilines is 1. The van der Waals surface area contributed by atoms with Crippen LogP contribution in [0.4, 0.5) is 5.69 Å². The number of carbonyl (C=O) groups excluding carboxylic acids is 1. The van der Waals surface area contributed by atoms with Gasteiger partial charge in [0.15, 0.2) is 0 Å². The molecule has 0 aliphatic carbocycles. The fraction of sp³-hybridized carbons (Fsp3) is 0.267. The van der Waals surface area contributed by atoms with Gasteiger partial charge >= 0.3 is 0 Å². The van der Waals surface area contributed by atoms with Crippen LogP contribution in [0.2, 0.25) is 0 Å². The number of nitrogens with two attached hydrogens (primary N) is 1. The molecule has 0 bridgehead atoms. The Balaban J connectivity index is 2.10. The topological polar surface area (TPSA) is 55.1 Å². The first kappa shape index (κ1) is 13.6. The minimum Gasteiger partial charge on any atom is -0.398 e. The first-order valence-corrected chi connectivity index (χ1v) is 7.02. The maximum absolute atomic E-state index is 12.1. The van der Waals surface area contributed by atoms with E-state index >= 15 is 0 Å². The summed E-state index contributed by atoms with van der Waals surface area (Å²) in [7, 11) is 0. The number of benzene rings is 1. The molecule has 100 valence electrons. The molecule has 4 heteroatoms. The van der Waals surface area contributed by atoms with Crippen LogP contribution in [0.25, 0.3) is 0 Å². The lowest BCUT2D eigenvalue weighted by atomic mass is 10.1. The monoisotopic (exact) mass is 274 g/mol. The van der Waals surface area contributed by atoms with Crippen LogP contribution in [0, 0.1) is 13.8 Å². The van der Waals surface area contributed by atoms with E-state index in [2.05, 4.69) is 24.4 Å². The molecule has 0 radical (unpaired) electrons. The SMILES string of the molecule is Cc1ccc(C(C)NC(=O)c2ccc(C)c(N)c2)s1. The number of nitrogen functional groups attached to an aromatic ring is 1. The molecule has 0 spiro atoms. The van der Waals surface area contributed by atoms with E-state index in [0.29, 0.717) is 11.3 Å². The van der Waals surface area contributed by atoms with Crippen molar-refractivity contribution >= 4 is 22.9 Å². The molecular formula is C15H18N2OS. The number of aryl methyl sites for hydroxylation is 2. The van der Waals surface area contributed by atoms with Gasteiger partial charge in [-0.05, 0) is 50.6 Å². The Labute approximate surface area is 117 Å². The van der Waals surface area contributed by atoms with Gasteiger partial charge in [-0.2, -0.15) is 0 Å². The zero-order chi connectivity index (χ0) is 14.0. The molecule has 1 heterocycles. The first-order valence-electron chi connectivity index (χ1n) is 6.20.